The average molecular weight is 460 g/mol. The summed E-state index contributed by atoms with van der Waals surface area (Å²) in [5, 5.41) is 7.72. The summed E-state index contributed by atoms with van der Waals surface area (Å²) in [6.45, 7) is 4.64. The van der Waals surface area contributed by atoms with Crippen molar-refractivity contribution in [3.05, 3.63) is 33.8 Å². The van der Waals surface area contributed by atoms with E-state index in [4.69, 9.17) is 4.98 Å². The number of halogens is 1. The predicted molar refractivity (Wildman–Crippen MR) is 109 cm³/mol. The van der Waals surface area contributed by atoms with Gasteiger partial charge < -0.3 is 15.2 Å². The molecular weight excluding hydrogens is 435 g/mol. The van der Waals surface area contributed by atoms with Crippen molar-refractivity contribution in [2.24, 2.45) is 4.99 Å². The summed E-state index contributed by atoms with van der Waals surface area (Å²) >= 11 is 1.75. The van der Waals surface area contributed by atoms with Crippen molar-refractivity contribution in [1.29, 1.82) is 0 Å². The fourth-order valence-corrected chi connectivity index (χ4v) is 3.51. The van der Waals surface area contributed by atoms with Crippen LogP contribution in [-0.2, 0) is 32.5 Å². The Hall–Kier alpha value is -1.16. The summed E-state index contributed by atoms with van der Waals surface area (Å²) < 4.78 is 2.28. The molecule has 6 nitrogen and oxygen atoms in total. The SMILES string of the molecule is CCc1cnc(CNC(=NC)NCc2cn3c(n2)CCCC3)s1.I. The lowest BCUT2D eigenvalue weighted by Crippen LogP contribution is -2.36. The number of rotatable bonds is 5. The lowest BCUT2D eigenvalue weighted by atomic mass is 10.2. The van der Waals surface area contributed by atoms with Crippen LogP contribution in [0.25, 0.3) is 0 Å². The van der Waals surface area contributed by atoms with Crippen molar-refractivity contribution >= 4 is 41.3 Å². The molecule has 1 aliphatic rings. The maximum Gasteiger partial charge on any atom is 0.191 e. The van der Waals surface area contributed by atoms with Gasteiger partial charge in [-0.25, -0.2) is 9.97 Å². The van der Waals surface area contributed by atoms with E-state index in [-0.39, 0.29) is 24.0 Å². The zero-order chi connectivity index (χ0) is 16.1. The smallest absolute Gasteiger partial charge is 0.191 e. The van der Waals surface area contributed by atoms with E-state index in [0.29, 0.717) is 13.1 Å². The van der Waals surface area contributed by atoms with Gasteiger partial charge in [-0.2, -0.15) is 0 Å². The molecule has 132 valence electrons. The third-order valence-corrected chi connectivity index (χ3v) is 5.12. The quantitative estimate of drug-likeness (QED) is 0.409. The zero-order valence-corrected chi connectivity index (χ0v) is 17.4. The maximum atomic E-state index is 4.70. The number of thiazole rings is 1. The number of hydrogen-bond acceptors (Lipinski definition) is 4. The van der Waals surface area contributed by atoms with Crippen LogP contribution in [0.3, 0.4) is 0 Å². The van der Waals surface area contributed by atoms with E-state index < -0.39 is 0 Å². The minimum Gasteiger partial charge on any atom is -0.351 e. The van der Waals surface area contributed by atoms with E-state index in [1.807, 2.05) is 6.20 Å². The molecule has 24 heavy (non-hydrogen) atoms. The first-order valence-electron chi connectivity index (χ1n) is 8.21. The summed E-state index contributed by atoms with van der Waals surface area (Å²) in [5.74, 6) is 2.00. The average Bonchev–Trinajstić information content (AvgIpc) is 3.21. The van der Waals surface area contributed by atoms with Gasteiger partial charge >= 0.3 is 0 Å². The van der Waals surface area contributed by atoms with Gasteiger partial charge in [0.1, 0.15) is 10.8 Å². The molecule has 0 aromatic carbocycles. The van der Waals surface area contributed by atoms with Crippen molar-refractivity contribution < 1.29 is 0 Å². The molecule has 0 radical (unpaired) electrons. The van der Waals surface area contributed by atoms with Crippen molar-refractivity contribution in [2.45, 2.75) is 52.2 Å². The number of fused-ring (bicyclic) bond motifs is 1. The molecule has 0 aliphatic carbocycles. The lowest BCUT2D eigenvalue weighted by Gasteiger charge is -2.11. The zero-order valence-electron chi connectivity index (χ0n) is 14.2. The van der Waals surface area contributed by atoms with E-state index in [1.165, 1.54) is 23.5 Å². The van der Waals surface area contributed by atoms with E-state index in [0.717, 1.165) is 36.0 Å². The van der Waals surface area contributed by atoms with Crippen LogP contribution in [0, 0.1) is 0 Å². The van der Waals surface area contributed by atoms with Crippen LogP contribution in [0.5, 0.6) is 0 Å². The highest BCUT2D eigenvalue weighted by atomic mass is 127. The second-order valence-electron chi connectivity index (χ2n) is 5.65. The fraction of sp³-hybridized carbons (Fsp3) is 0.562. The Labute approximate surface area is 164 Å². The Balaban J connectivity index is 0.00000208. The number of imidazole rings is 1. The number of aryl methyl sites for hydroxylation is 3. The molecule has 0 spiro atoms. The number of nitrogens with zero attached hydrogens (tertiary/aromatic N) is 4. The topological polar surface area (TPSA) is 67.1 Å². The standard InChI is InChI=1S/C16H24N6S.HI/c1-3-13-9-18-15(23-13)10-20-16(17-2)19-8-12-11-22-7-5-4-6-14(22)21-12;/h9,11H,3-8,10H2,1-2H3,(H2,17,19,20);1H. The molecule has 3 rings (SSSR count). The summed E-state index contributed by atoms with van der Waals surface area (Å²) in [4.78, 5) is 14.7. The number of nitrogens with one attached hydrogen (secondary N) is 2. The van der Waals surface area contributed by atoms with Gasteiger partial charge in [0, 0.05) is 37.3 Å². The molecule has 0 atom stereocenters. The highest BCUT2D eigenvalue weighted by molar-refractivity contribution is 14.0. The van der Waals surface area contributed by atoms with Crippen LogP contribution < -0.4 is 10.6 Å². The molecule has 0 amide bonds. The highest BCUT2D eigenvalue weighted by Crippen LogP contribution is 2.14. The Morgan fingerprint density at radius 3 is 2.88 bits per heavy atom. The Kier molecular flexibility index (Phi) is 7.47. The minimum absolute atomic E-state index is 0. The molecule has 2 N–H and O–H groups in total. The summed E-state index contributed by atoms with van der Waals surface area (Å²) in [6, 6.07) is 0. The Bertz CT molecular complexity index is 654. The largest absolute Gasteiger partial charge is 0.351 e. The first-order chi connectivity index (χ1) is 11.3. The van der Waals surface area contributed by atoms with Gasteiger partial charge in [0.2, 0.25) is 0 Å². The van der Waals surface area contributed by atoms with Crippen molar-refractivity contribution in [2.75, 3.05) is 7.05 Å². The van der Waals surface area contributed by atoms with E-state index in [2.05, 4.69) is 38.3 Å². The highest BCUT2D eigenvalue weighted by Gasteiger charge is 2.12. The van der Waals surface area contributed by atoms with Crippen LogP contribution in [0.1, 0.15) is 41.2 Å². The molecule has 1 aliphatic heterocycles. The summed E-state index contributed by atoms with van der Waals surface area (Å²) in [6.07, 6.45) is 8.75. The minimum atomic E-state index is 0. The van der Waals surface area contributed by atoms with Crippen LogP contribution in [-0.4, -0.2) is 27.5 Å². The molecule has 0 bridgehead atoms. The molecule has 0 fully saturated rings. The third kappa shape index (κ3) is 4.92. The first kappa shape index (κ1) is 19.2. The number of aliphatic imine (C=N–C) groups is 1. The Morgan fingerprint density at radius 1 is 1.33 bits per heavy atom. The van der Waals surface area contributed by atoms with Gasteiger partial charge in [-0.3, -0.25) is 4.99 Å². The van der Waals surface area contributed by atoms with Crippen LogP contribution in [0.15, 0.2) is 17.4 Å². The molecule has 0 saturated heterocycles. The number of hydrogen-bond donors (Lipinski definition) is 2. The number of guanidine groups is 1. The predicted octanol–water partition coefficient (Wildman–Crippen LogP) is 2.72. The molecule has 0 unspecified atom stereocenters. The van der Waals surface area contributed by atoms with Crippen molar-refractivity contribution in [3.63, 3.8) is 0 Å². The summed E-state index contributed by atoms with van der Waals surface area (Å²) in [7, 11) is 1.78. The van der Waals surface area contributed by atoms with Crippen molar-refractivity contribution in [1.82, 2.24) is 25.2 Å². The normalized spacial score (nSPS) is 14.0. The lowest BCUT2D eigenvalue weighted by molar-refractivity contribution is 0.522. The second kappa shape index (κ2) is 9.36. The van der Waals surface area contributed by atoms with Crippen LogP contribution in [0.2, 0.25) is 0 Å². The Morgan fingerprint density at radius 2 is 2.17 bits per heavy atom. The van der Waals surface area contributed by atoms with Gasteiger partial charge in [0.15, 0.2) is 5.96 Å². The molecule has 8 heteroatoms. The van der Waals surface area contributed by atoms with Crippen molar-refractivity contribution in [3.8, 4) is 0 Å². The monoisotopic (exact) mass is 460 g/mol. The fourth-order valence-electron chi connectivity index (χ4n) is 2.70. The molecule has 2 aromatic rings. The van der Waals surface area contributed by atoms with E-state index in [9.17, 15) is 0 Å². The second-order valence-corrected chi connectivity index (χ2v) is 6.85. The van der Waals surface area contributed by atoms with Crippen LogP contribution in [0.4, 0.5) is 0 Å². The van der Waals surface area contributed by atoms with Crippen LogP contribution >= 0.6 is 35.3 Å². The summed E-state index contributed by atoms with van der Waals surface area (Å²) in [5.41, 5.74) is 1.08. The maximum absolute atomic E-state index is 4.70. The molecular formula is C16H25IN6S. The van der Waals surface area contributed by atoms with E-state index in [1.54, 1.807) is 18.4 Å². The molecule has 3 heterocycles. The van der Waals surface area contributed by atoms with E-state index >= 15 is 0 Å². The third-order valence-electron chi connectivity index (χ3n) is 3.98. The number of aromatic nitrogens is 3. The molecule has 0 saturated carbocycles. The van der Waals surface area contributed by atoms with Gasteiger partial charge in [0.25, 0.3) is 0 Å². The molecule has 2 aromatic heterocycles. The van der Waals surface area contributed by atoms with Gasteiger partial charge in [-0.05, 0) is 19.3 Å². The van der Waals surface area contributed by atoms with Gasteiger partial charge in [0.05, 0.1) is 18.8 Å². The van der Waals surface area contributed by atoms with Gasteiger partial charge in [-0.15, -0.1) is 35.3 Å². The van der Waals surface area contributed by atoms with Gasteiger partial charge in [-0.1, -0.05) is 6.92 Å². The first-order valence-corrected chi connectivity index (χ1v) is 9.03.